The fraction of sp³-hybridized carbons (Fsp3) is 0.711. The molecule has 9 aliphatic rings. The van der Waals surface area contributed by atoms with Crippen LogP contribution in [0.25, 0.3) is 0 Å². The van der Waals surface area contributed by atoms with E-state index in [0.29, 0.717) is 79.0 Å². The van der Waals surface area contributed by atoms with Crippen LogP contribution in [0.1, 0.15) is 183 Å². The van der Waals surface area contributed by atoms with E-state index in [1.165, 1.54) is 96.1 Å². The molecule has 8 heterocycles. The Morgan fingerprint density at radius 1 is 0.366 bits per heavy atom. The minimum absolute atomic E-state index is 0.0737. The smallest absolute Gasteiger partial charge is 0.161 e. The zero-order valence-electron chi connectivity index (χ0n) is 65.4. The molecule has 4 aromatic carbocycles. The Hall–Kier alpha value is -5.18. The van der Waals surface area contributed by atoms with Crippen molar-refractivity contribution in [3.8, 4) is 46.0 Å². The van der Waals surface area contributed by atoms with Gasteiger partial charge in [-0.3, -0.25) is 24.0 Å². The summed E-state index contributed by atoms with van der Waals surface area (Å²) >= 11 is 0. The Balaban J connectivity index is 0.000000145. The van der Waals surface area contributed by atoms with Crippen LogP contribution in [0.4, 0.5) is 8.78 Å². The number of methoxy groups -OCH3 is 4. The van der Waals surface area contributed by atoms with Gasteiger partial charge in [-0.1, -0.05) is 55.4 Å². The number of piperazine rings is 4. The van der Waals surface area contributed by atoms with Gasteiger partial charge in [0, 0.05) is 133 Å². The van der Waals surface area contributed by atoms with Gasteiger partial charge < -0.3 is 57.5 Å². The van der Waals surface area contributed by atoms with Gasteiger partial charge in [0.05, 0.1) is 53.9 Å². The third-order valence-electron chi connectivity index (χ3n) is 22.7. The molecule has 16 nitrogen and oxygen atoms in total. The predicted octanol–water partition coefficient (Wildman–Crippen LogP) is 14.2. The van der Waals surface area contributed by atoms with Gasteiger partial charge in [-0.25, -0.2) is 4.39 Å². The lowest BCUT2D eigenvalue weighted by Gasteiger charge is -2.48. The average Bonchev–Trinajstić information content (AvgIpc) is 1.48. The molecule has 564 valence electrons. The Bertz CT molecular complexity index is 3180. The maximum atomic E-state index is 12.5. The van der Waals surface area contributed by atoms with E-state index in [2.05, 4.69) is 185 Å². The molecule has 4 aromatic rings. The SMILES string of the molecule is COc1cc2c(cc1OC(C)C)CCN1C[C@@H](CC(C)C)N(C)C[C@@H]21.COc1cc2c(cc1OC1CC1)CCN1C[C@@H](CC(C)C)N(C)C[C@@H]21.COc1cc2c(cc1OCCCF)CCN1C[C@@H](CC(C)C)N(C)C[C@@H]21.COc1cc2c(cc1OCCF)CCN1C[C@@H](CC(C)C)N(C)C[C@@H]21. The molecular weight excluding hydrogens is 1270 g/mol. The Morgan fingerprint density at radius 3 is 0.950 bits per heavy atom. The summed E-state index contributed by atoms with van der Waals surface area (Å²) in [6.45, 7) is 35.7. The second-order valence-corrected chi connectivity index (χ2v) is 32.7. The Morgan fingerprint density at radius 2 is 0.663 bits per heavy atom. The number of ether oxygens (including phenoxy) is 8. The average molecular weight is 1410 g/mol. The number of benzene rings is 4. The highest BCUT2D eigenvalue weighted by Crippen LogP contribution is 2.46. The first-order valence-corrected chi connectivity index (χ1v) is 38.8. The van der Waals surface area contributed by atoms with Gasteiger partial charge in [-0.2, -0.15) is 0 Å². The van der Waals surface area contributed by atoms with E-state index in [4.69, 9.17) is 37.9 Å². The number of nitrogens with zero attached hydrogens (tertiary/aromatic N) is 8. The summed E-state index contributed by atoms with van der Waals surface area (Å²) < 4.78 is 70.6. The van der Waals surface area contributed by atoms with Crippen LogP contribution in [0.2, 0.25) is 0 Å². The molecule has 0 spiro atoms. The van der Waals surface area contributed by atoms with Crippen molar-refractivity contribution in [2.24, 2.45) is 23.7 Å². The van der Waals surface area contributed by atoms with Crippen molar-refractivity contribution in [1.82, 2.24) is 39.2 Å². The molecule has 0 amide bonds. The van der Waals surface area contributed by atoms with Crippen molar-refractivity contribution >= 4 is 0 Å². The van der Waals surface area contributed by atoms with Gasteiger partial charge in [0.2, 0.25) is 0 Å². The van der Waals surface area contributed by atoms with E-state index >= 15 is 0 Å². The van der Waals surface area contributed by atoms with Gasteiger partial charge in [0.15, 0.2) is 46.0 Å². The highest BCUT2D eigenvalue weighted by molar-refractivity contribution is 5.53. The summed E-state index contributed by atoms with van der Waals surface area (Å²) in [4.78, 5) is 20.8. The molecule has 0 unspecified atom stereocenters. The molecule has 0 radical (unpaired) electrons. The predicted molar refractivity (Wildman–Crippen MR) is 405 cm³/mol. The summed E-state index contributed by atoms with van der Waals surface area (Å²) in [6, 6.07) is 21.8. The molecule has 0 bridgehead atoms. The van der Waals surface area contributed by atoms with Gasteiger partial charge in [0.25, 0.3) is 0 Å². The summed E-state index contributed by atoms with van der Waals surface area (Å²) in [5.41, 5.74) is 11.1. The number of halogens is 2. The number of likely N-dealkylation sites (N-methyl/N-ethyl adjacent to an activating group) is 4. The van der Waals surface area contributed by atoms with E-state index in [1.807, 2.05) is 0 Å². The fourth-order valence-electron chi connectivity index (χ4n) is 17.3. The van der Waals surface area contributed by atoms with Crippen molar-refractivity contribution in [3.05, 3.63) is 93.0 Å². The quantitative estimate of drug-likeness (QED) is 0.0658. The van der Waals surface area contributed by atoms with Crippen LogP contribution in [0.15, 0.2) is 48.5 Å². The molecule has 0 N–H and O–H groups in total. The van der Waals surface area contributed by atoms with Crippen LogP contribution >= 0.6 is 0 Å². The molecule has 5 fully saturated rings. The fourth-order valence-corrected chi connectivity index (χ4v) is 17.3. The largest absolute Gasteiger partial charge is 0.493 e. The van der Waals surface area contributed by atoms with Gasteiger partial charge in [0.1, 0.15) is 13.3 Å². The van der Waals surface area contributed by atoms with E-state index in [1.54, 1.807) is 28.4 Å². The maximum absolute atomic E-state index is 12.5. The minimum Gasteiger partial charge on any atom is -0.493 e. The third kappa shape index (κ3) is 19.9. The molecule has 1 saturated carbocycles. The zero-order chi connectivity index (χ0) is 72.3. The standard InChI is InChI=1S/C21H33FN2O2.C21H32N2O2.C21H34N2O2.C20H31FN2O2/c1-15(2)10-17-13-24-8-6-16-11-21(26-9-5-7-22)20(25-4)12-18(16)19(24)14-23(17)3;1-14(2)9-16-12-23-8-7-15-10-21(25-17-5-6-17)20(24-4)11-18(15)19(23)13-22(16)3;1-14(2)9-17-12-23-8-7-16-10-21(25-15(3)4)20(24-6)11-18(16)19(23)13-22(17)5;1-14(2)9-16-12-23-7-5-15-10-20(25-8-6-21)19(24-4)11-17(15)18(23)13-22(16)3/h11-12,15,17,19H,5-10,13-14H2,1-4H3;10-11,14,16-17,19H,5-9,12-13H2,1-4H3;10-11,14-15,17,19H,7-9,12-13H2,1-6H3;10-11,14,16,18H,5-9,12-13H2,1-4H3/t17-,19+;16-,19+;17-,19+;16-,18+/m1111/s1. The second-order valence-electron chi connectivity index (χ2n) is 32.7. The molecule has 1 aliphatic carbocycles. The molecular formula is C83H130F2N8O8. The minimum atomic E-state index is -0.487. The molecule has 8 atom stereocenters. The summed E-state index contributed by atoms with van der Waals surface area (Å²) in [5.74, 6) is 9.41. The lowest BCUT2D eigenvalue weighted by atomic mass is 9.88. The molecule has 13 rings (SSSR count). The van der Waals surface area contributed by atoms with Gasteiger partial charge >= 0.3 is 0 Å². The van der Waals surface area contributed by atoms with Crippen LogP contribution in [-0.2, 0) is 25.7 Å². The normalized spacial score (nSPS) is 24.8. The van der Waals surface area contributed by atoms with Crippen LogP contribution in [-0.4, -0.2) is 237 Å². The number of hydrogen-bond donors (Lipinski definition) is 0. The molecule has 8 aliphatic heterocycles. The van der Waals surface area contributed by atoms with Crippen molar-refractivity contribution in [2.45, 2.75) is 200 Å². The monoisotopic (exact) mass is 1400 g/mol. The number of alkyl halides is 2. The Kier molecular flexibility index (Phi) is 28.1. The Labute approximate surface area is 607 Å². The maximum Gasteiger partial charge on any atom is 0.161 e. The lowest BCUT2D eigenvalue weighted by Crippen LogP contribution is -2.55. The van der Waals surface area contributed by atoms with Crippen molar-refractivity contribution < 1.29 is 46.7 Å². The highest BCUT2D eigenvalue weighted by Gasteiger charge is 2.42. The van der Waals surface area contributed by atoms with Crippen molar-refractivity contribution in [1.29, 1.82) is 0 Å². The summed E-state index contributed by atoms with van der Waals surface area (Å²) in [5, 5.41) is 0. The summed E-state index contributed by atoms with van der Waals surface area (Å²) in [7, 11) is 15.9. The van der Waals surface area contributed by atoms with E-state index in [0.717, 1.165) is 149 Å². The first kappa shape index (κ1) is 78.4. The van der Waals surface area contributed by atoms with Crippen molar-refractivity contribution in [2.75, 3.05) is 162 Å². The molecule has 101 heavy (non-hydrogen) atoms. The van der Waals surface area contributed by atoms with Crippen LogP contribution in [0.5, 0.6) is 46.0 Å². The topological polar surface area (TPSA) is 99.8 Å². The van der Waals surface area contributed by atoms with Crippen molar-refractivity contribution in [3.63, 3.8) is 0 Å². The number of hydrogen-bond acceptors (Lipinski definition) is 16. The second kappa shape index (κ2) is 36.2. The van der Waals surface area contributed by atoms with Crippen LogP contribution in [0, 0.1) is 23.7 Å². The van der Waals surface area contributed by atoms with Gasteiger partial charge in [-0.05, 0) is 223 Å². The van der Waals surface area contributed by atoms with E-state index < -0.39 is 6.67 Å². The first-order chi connectivity index (χ1) is 48.5. The molecule has 18 heteroatoms. The number of rotatable bonds is 23. The third-order valence-corrected chi connectivity index (χ3v) is 22.7. The highest BCUT2D eigenvalue weighted by atomic mass is 19.1. The lowest BCUT2D eigenvalue weighted by molar-refractivity contribution is 0.0294. The van der Waals surface area contributed by atoms with Gasteiger partial charge in [-0.15, -0.1) is 0 Å². The van der Waals surface area contributed by atoms with Crippen LogP contribution in [0.3, 0.4) is 0 Å². The zero-order valence-corrected chi connectivity index (χ0v) is 65.4. The number of fused-ring (bicyclic) bond motifs is 12. The summed E-state index contributed by atoms with van der Waals surface area (Å²) in [6.07, 6.45) is 12.7. The van der Waals surface area contributed by atoms with Crippen LogP contribution < -0.4 is 37.9 Å². The van der Waals surface area contributed by atoms with E-state index in [-0.39, 0.29) is 19.4 Å². The molecule has 0 aromatic heterocycles. The first-order valence-electron chi connectivity index (χ1n) is 38.8. The molecule has 4 saturated heterocycles. The van der Waals surface area contributed by atoms with E-state index in [9.17, 15) is 8.78 Å².